The number of rotatable bonds is 15. The molecule has 2 aliphatic rings. The molecular formula is C31H42BClO2. The third kappa shape index (κ3) is 6.11. The molecule has 0 radical (unpaired) electrons. The summed E-state index contributed by atoms with van der Waals surface area (Å²) in [5.41, 5.74) is 6.73. The van der Waals surface area contributed by atoms with E-state index in [4.69, 9.17) is 20.9 Å². The van der Waals surface area contributed by atoms with Gasteiger partial charge in [-0.25, -0.2) is 0 Å². The van der Waals surface area contributed by atoms with Gasteiger partial charge in [-0.3, -0.25) is 0 Å². The molecule has 0 unspecified atom stereocenters. The van der Waals surface area contributed by atoms with Crippen molar-refractivity contribution in [3.63, 3.8) is 0 Å². The van der Waals surface area contributed by atoms with E-state index in [9.17, 15) is 0 Å². The Bertz CT molecular complexity index is 962. The van der Waals surface area contributed by atoms with Crippen molar-refractivity contribution >= 4 is 24.2 Å². The maximum absolute atomic E-state index is 6.62. The third-order valence-electron chi connectivity index (χ3n) is 7.99. The van der Waals surface area contributed by atoms with Gasteiger partial charge < -0.3 is 9.31 Å². The normalized spacial score (nSPS) is 15.1. The van der Waals surface area contributed by atoms with Crippen LogP contribution >= 0.6 is 11.6 Å². The van der Waals surface area contributed by atoms with Crippen molar-refractivity contribution in [1.82, 2.24) is 0 Å². The molecule has 0 N–H and O–H groups in total. The van der Waals surface area contributed by atoms with Crippen molar-refractivity contribution in [2.24, 2.45) is 0 Å². The van der Waals surface area contributed by atoms with Crippen LogP contribution in [-0.4, -0.2) is 7.12 Å². The second-order valence-corrected chi connectivity index (χ2v) is 10.9. The van der Waals surface area contributed by atoms with Crippen LogP contribution in [0.2, 0.25) is 5.02 Å². The van der Waals surface area contributed by atoms with Crippen LogP contribution in [0, 0.1) is 0 Å². The first kappa shape index (κ1) is 26.2. The molecule has 188 valence electrons. The van der Waals surface area contributed by atoms with Gasteiger partial charge in [-0.2, -0.15) is 0 Å². The Balaban J connectivity index is 1.63. The van der Waals surface area contributed by atoms with Crippen molar-refractivity contribution in [2.75, 3.05) is 0 Å². The van der Waals surface area contributed by atoms with Crippen LogP contribution in [0.5, 0.6) is 0 Å². The molecule has 4 rings (SSSR count). The quantitative estimate of drug-likeness (QED) is 0.182. The van der Waals surface area contributed by atoms with Crippen LogP contribution in [0.25, 0.3) is 11.1 Å². The van der Waals surface area contributed by atoms with Crippen molar-refractivity contribution in [1.29, 1.82) is 0 Å². The fourth-order valence-electron chi connectivity index (χ4n) is 6.11. The van der Waals surface area contributed by atoms with Gasteiger partial charge in [0.05, 0.1) is 12.5 Å². The Morgan fingerprint density at radius 3 is 1.77 bits per heavy atom. The third-order valence-corrected chi connectivity index (χ3v) is 8.23. The van der Waals surface area contributed by atoms with Crippen LogP contribution in [0.4, 0.5) is 0 Å². The highest BCUT2D eigenvalue weighted by molar-refractivity contribution is 6.62. The maximum Gasteiger partial charge on any atom is 0.632 e. The predicted molar refractivity (Wildman–Crippen MR) is 150 cm³/mol. The zero-order valence-electron chi connectivity index (χ0n) is 21.8. The number of hydrogen-bond donors (Lipinski definition) is 0. The van der Waals surface area contributed by atoms with Gasteiger partial charge in [-0.05, 0) is 47.2 Å². The summed E-state index contributed by atoms with van der Waals surface area (Å²) < 4.78 is 11.4. The van der Waals surface area contributed by atoms with Crippen LogP contribution < -0.4 is 5.46 Å². The van der Waals surface area contributed by atoms with E-state index in [2.05, 4.69) is 50.2 Å². The molecule has 1 aliphatic carbocycles. The summed E-state index contributed by atoms with van der Waals surface area (Å²) in [6.45, 7) is 4.58. The van der Waals surface area contributed by atoms with Crippen molar-refractivity contribution in [2.45, 2.75) is 109 Å². The van der Waals surface area contributed by atoms with E-state index < -0.39 is 0 Å². The lowest BCUT2D eigenvalue weighted by atomic mass is 9.68. The molecule has 2 nitrogen and oxygen atoms in total. The molecule has 2 aromatic rings. The maximum atomic E-state index is 6.62. The second kappa shape index (κ2) is 12.9. The number of fused-ring (bicyclic) bond motifs is 3. The van der Waals surface area contributed by atoms with E-state index in [1.54, 1.807) is 12.5 Å². The minimum Gasteiger partial charge on any atom is -0.525 e. The first-order valence-corrected chi connectivity index (χ1v) is 14.5. The minimum atomic E-state index is -0.339. The highest BCUT2D eigenvalue weighted by Crippen LogP contribution is 2.54. The van der Waals surface area contributed by atoms with E-state index >= 15 is 0 Å². The van der Waals surface area contributed by atoms with Crippen LogP contribution in [0.15, 0.2) is 48.9 Å². The average Bonchev–Trinajstić information content (AvgIpc) is 3.49. The Labute approximate surface area is 218 Å². The zero-order chi connectivity index (χ0) is 24.5. The fourth-order valence-corrected chi connectivity index (χ4v) is 6.28. The molecule has 0 bridgehead atoms. The molecule has 35 heavy (non-hydrogen) atoms. The SMILES string of the molecule is CCCCCCCCC1(CCCCCCCC)c2cc(Cl)ccc2-c2ccc(B3OC=CO3)cc21. The lowest BCUT2D eigenvalue weighted by Crippen LogP contribution is -2.34. The lowest BCUT2D eigenvalue weighted by molar-refractivity contribution is 0.397. The molecule has 0 saturated carbocycles. The molecule has 0 spiro atoms. The molecular weight excluding hydrogens is 451 g/mol. The highest BCUT2D eigenvalue weighted by Gasteiger charge is 2.43. The highest BCUT2D eigenvalue weighted by atomic mass is 35.5. The summed E-state index contributed by atoms with van der Waals surface area (Å²) in [7, 11) is -0.339. The number of unbranched alkanes of at least 4 members (excludes halogenated alkanes) is 10. The van der Waals surface area contributed by atoms with E-state index in [1.165, 1.54) is 112 Å². The summed E-state index contributed by atoms with van der Waals surface area (Å²) >= 11 is 6.62. The van der Waals surface area contributed by atoms with Gasteiger partial charge in [-0.15, -0.1) is 0 Å². The van der Waals surface area contributed by atoms with Gasteiger partial charge in [0.1, 0.15) is 0 Å². The largest absolute Gasteiger partial charge is 0.632 e. The van der Waals surface area contributed by atoms with Gasteiger partial charge in [0.15, 0.2) is 0 Å². The topological polar surface area (TPSA) is 18.5 Å². The lowest BCUT2D eigenvalue weighted by Gasteiger charge is -2.33. The predicted octanol–water partition coefficient (Wildman–Crippen LogP) is 9.32. The van der Waals surface area contributed by atoms with Gasteiger partial charge in [0.2, 0.25) is 0 Å². The van der Waals surface area contributed by atoms with Crippen LogP contribution in [-0.2, 0) is 14.7 Å². The fraction of sp³-hybridized carbons (Fsp3) is 0.548. The van der Waals surface area contributed by atoms with Crippen LogP contribution in [0.1, 0.15) is 115 Å². The molecule has 1 heterocycles. The van der Waals surface area contributed by atoms with E-state index in [-0.39, 0.29) is 12.5 Å². The van der Waals surface area contributed by atoms with Gasteiger partial charge in [-0.1, -0.05) is 127 Å². The van der Waals surface area contributed by atoms with Gasteiger partial charge >= 0.3 is 7.12 Å². The summed E-state index contributed by atoms with van der Waals surface area (Å²) in [4.78, 5) is 0. The molecule has 2 aromatic carbocycles. The Kier molecular flexibility index (Phi) is 9.66. The van der Waals surface area contributed by atoms with Crippen LogP contribution in [0.3, 0.4) is 0 Å². The monoisotopic (exact) mass is 492 g/mol. The number of benzene rings is 2. The molecule has 0 amide bonds. The van der Waals surface area contributed by atoms with Crippen molar-refractivity contribution in [3.05, 3.63) is 65.1 Å². The summed E-state index contributed by atoms with van der Waals surface area (Å²) in [5.74, 6) is 0. The standard InChI is InChI=1S/C31H42BClO2/c1-3-5-7-9-11-13-19-31(20-14-12-10-8-6-4-2)29-23-25(32-34-21-22-35-32)15-17-27(29)28-18-16-26(33)24-30(28)31/h15-18,21-24H,3-14,19-20H2,1-2H3. The first-order valence-electron chi connectivity index (χ1n) is 14.1. The Morgan fingerprint density at radius 1 is 0.657 bits per heavy atom. The summed E-state index contributed by atoms with van der Waals surface area (Å²) in [5, 5.41) is 0.846. The van der Waals surface area contributed by atoms with E-state index in [0.717, 1.165) is 10.5 Å². The minimum absolute atomic E-state index is 0.0210. The van der Waals surface area contributed by atoms with Gasteiger partial charge in [0, 0.05) is 15.9 Å². The van der Waals surface area contributed by atoms with Gasteiger partial charge in [0.25, 0.3) is 0 Å². The average molecular weight is 493 g/mol. The molecule has 1 aliphatic heterocycles. The van der Waals surface area contributed by atoms with Crippen molar-refractivity contribution in [3.8, 4) is 11.1 Å². The zero-order valence-corrected chi connectivity index (χ0v) is 22.5. The number of hydrogen-bond acceptors (Lipinski definition) is 2. The summed E-state index contributed by atoms with van der Waals surface area (Å²) in [6.07, 6.45) is 21.5. The summed E-state index contributed by atoms with van der Waals surface area (Å²) in [6, 6.07) is 13.4. The Hall–Kier alpha value is -1.87. The second-order valence-electron chi connectivity index (χ2n) is 10.5. The molecule has 0 fully saturated rings. The van der Waals surface area contributed by atoms with E-state index in [0.29, 0.717) is 0 Å². The number of halogens is 1. The van der Waals surface area contributed by atoms with E-state index in [1.807, 2.05) is 0 Å². The molecule has 0 aromatic heterocycles. The Morgan fingerprint density at radius 2 is 1.17 bits per heavy atom. The van der Waals surface area contributed by atoms with Crippen molar-refractivity contribution < 1.29 is 9.31 Å². The molecule has 0 atom stereocenters. The molecule has 0 saturated heterocycles. The smallest absolute Gasteiger partial charge is 0.525 e. The molecule has 4 heteroatoms. The first-order chi connectivity index (χ1) is 17.2.